The Hall–Kier alpha value is -2.07. The molecule has 98 valence electrons. The van der Waals surface area contributed by atoms with Gasteiger partial charge in [0, 0.05) is 17.3 Å². The van der Waals surface area contributed by atoms with Crippen molar-refractivity contribution in [2.24, 2.45) is 0 Å². The molecule has 0 amide bonds. The van der Waals surface area contributed by atoms with Gasteiger partial charge in [-0.25, -0.2) is 4.79 Å². The first kappa shape index (κ1) is 13.4. The first-order valence-corrected chi connectivity index (χ1v) is 6.04. The van der Waals surface area contributed by atoms with Crippen molar-refractivity contribution in [1.82, 2.24) is 4.57 Å². The molecule has 1 N–H and O–H groups in total. The third-order valence-corrected chi connectivity index (χ3v) is 3.14. The maximum atomic E-state index is 11.8. The van der Waals surface area contributed by atoms with E-state index in [1.54, 1.807) is 18.3 Å². The van der Waals surface area contributed by atoms with Crippen molar-refractivity contribution in [1.29, 1.82) is 0 Å². The van der Waals surface area contributed by atoms with Gasteiger partial charge < -0.3 is 9.67 Å². The molecule has 0 aliphatic rings. The third kappa shape index (κ3) is 3.03. The highest BCUT2D eigenvalue weighted by atomic mass is 35.5. The fourth-order valence-electron chi connectivity index (χ4n) is 1.73. The number of aryl methyl sites for hydroxylation is 1. The number of aromatic carboxylic acids is 1. The summed E-state index contributed by atoms with van der Waals surface area (Å²) in [4.78, 5) is 22.6. The standard InChI is InChI=1S/C14H12ClNO3/c1-9-4-5-16(13(17)6-9)8-11-3-2-10(14(18)19)7-12(11)15/h2-7H,8H2,1H3,(H,18,19). The van der Waals surface area contributed by atoms with E-state index in [0.717, 1.165) is 5.56 Å². The van der Waals surface area contributed by atoms with E-state index >= 15 is 0 Å². The fourth-order valence-corrected chi connectivity index (χ4v) is 1.97. The van der Waals surface area contributed by atoms with Crippen LogP contribution in [0.3, 0.4) is 0 Å². The lowest BCUT2D eigenvalue weighted by atomic mass is 10.1. The first-order valence-electron chi connectivity index (χ1n) is 5.66. The number of hydrogen-bond donors (Lipinski definition) is 1. The third-order valence-electron chi connectivity index (χ3n) is 2.79. The SMILES string of the molecule is Cc1ccn(Cc2ccc(C(=O)O)cc2Cl)c(=O)c1. The summed E-state index contributed by atoms with van der Waals surface area (Å²) in [5.41, 5.74) is 1.62. The molecule has 0 fully saturated rings. The lowest BCUT2D eigenvalue weighted by Crippen LogP contribution is -2.19. The Bertz CT molecular complexity index is 691. The summed E-state index contributed by atoms with van der Waals surface area (Å²) >= 11 is 6.03. The van der Waals surface area contributed by atoms with E-state index in [2.05, 4.69) is 0 Å². The van der Waals surface area contributed by atoms with Crippen LogP contribution in [0.1, 0.15) is 21.5 Å². The number of benzene rings is 1. The minimum Gasteiger partial charge on any atom is -0.478 e. The number of carboxylic acid groups (broad SMARTS) is 1. The topological polar surface area (TPSA) is 59.3 Å². The molecule has 0 saturated heterocycles. The molecule has 1 aromatic heterocycles. The van der Waals surface area contributed by atoms with E-state index in [1.807, 2.05) is 13.0 Å². The van der Waals surface area contributed by atoms with Crippen molar-refractivity contribution >= 4 is 17.6 Å². The summed E-state index contributed by atoms with van der Waals surface area (Å²) in [6.07, 6.45) is 1.69. The highest BCUT2D eigenvalue weighted by Crippen LogP contribution is 2.18. The second kappa shape index (κ2) is 5.28. The lowest BCUT2D eigenvalue weighted by molar-refractivity contribution is 0.0697. The molecule has 0 spiro atoms. The van der Waals surface area contributed by atoms with Crippen molar-refractivity contribution in [3.8, 4) is 0 Å². The Kier molecular flexibility index (Phi) is 3.71. The second-order valence-corrected chi connectivity index (χ2v) is 4.69. The molecule has 0 unspecified atom stereocenters. The van der Waals surface area contributed by atoms with Crippen LogP contribution < -0.4 is 5.56 Å². The molecule has 0 saturated carbocycles. The molecule has 1 aromatic carbocycles. The zero-order valence-corrected chi connectivity index (χ0v) is 11.0. The van der Waals surface area contributed by atoms with Gasteiger partial charge in [0.1, 0.15) is 0 Å². The molecular weight excluding hydrogens is 266 g/mol. The minimum absolute atomic E-state index is 0.113. The van der Waals surface area contributed by atoms with Gasteiger partial charge in [0.05, 0.1) is 12.1 Å². The molecule has 0 radical (unpaired) electrons. The monoisotopic (exact) mass is 277 g/mol. The van der Waals surface area contributed by atoms with Crippen LogP contribution in [0.5, 0.6) is 0 Å². The van der Waals surface area contributed by atoms with E-state index in [9.17, 15) is 9.59 Å². The molecule has 19 heavy (non-hydrogen) atoms. The molecule has 4 nitrogen and oxygen atoms in total. The summed E-state index contributed by atoms with van der Waals surface area (Å²) in [5.74, 6) is -1.03. The van der Waals surface area contributed by atoms with Crippen molar-refractivity contribution in [2.45, 2.75) is 13.5 Å². The average Bonchev–Trinajstić information content (AvgIpc) is 2.34. The van der Waals surface area contributed by atoms with E-state index in [0.29, 0.717) is 17.1 Å². The van der Waals surface area contributed by atoms with E-state index in [1.165, 1.54) is 16.7 Å². The summed E-state index contributed by atoms with van der Waals surface area (Å²) in [5, 5.41) is 9.19. The molecule has 1 heterocycles. The van der Waals surface area contributed by atoms with Crippen molar-refractivity contribution < 1.29 is 9.90 Å². The van der Waals surface area contributed by atoms with Gasteiger partial charge in [-0.3, -0.25) is 4.79 Å². The molecule has 0 aliphatic carbocycles. The predicted octanol–water partition coefficient (Wildman–Crippen LogP) is 2.56. The van der Waals surface area contributed by atoms with Gasteiger partial charge in [0.25, 0.3) is 5.56 Å². The number of pyridine rings is 1. The van der Waals surface area contributed by atoms with E-state index in [4.69, 9.17) is 16.7 Å². The first-order chi connectivity index (χ1) is 8.97. The van der Waals surface area contributed by atoms with Crippen LogP contribution in [0.25, 0.3) is 0 Å². The summed E-state index contributed by atoms with van der Waals surface area (Å²) in [6, 6.07) is 7.86. The number of halogens is 1. The Morgan fingerprint density at radius 2 is 2.05 bits per heavy atom. The zero-order valence-electron chi connectivity index (χ0n) is 10.3. The van der Waals surface area contributed by atoms with Gasteiger partial charge in [-0.05, 0) is 36.2 Å². The lowest BCUT2D eigenvalue weighted by Gasteiger charge is -2.08. The molecule has 0 atom stereocenters. The average molecular weight is 278 g/mol. The highest BCUT2D eigenvalue weighted by Gasteiger charge is 2.08. The van der Waals surface area contributed by atoms with Gasteiger partial charge in [-0.15, -0.1) is 0 Å². The van der Waals surface area contributed by atoms with Crippen LogP contribution >= 0.6 is 11.6 Å². The van der Waals surface area contributed by atoms with Crippen LogP contribution in [0.4, 0.5) is 0 Å². The van der Waals surface area contributed by atoms with Crippen molar-refractivity contribution in [3.63, 3.8) is 0 Å². The number of carboxylic acids is 1. The zero-order chi connectivity index (χ0) is 14.0. The van der Waals surface area contributed by atoms with Gasteiger partial charge >= 0.3 is 5.97 Å². The van der Waals surface area contributed by atoms with E-state index in [-0.39, 0.29) is 11.1 Å². The summed E-state index contributed by atoms with van der Waals surface area (Å²) in [7, 11) is 0. The van der Waals surface area contributed by atoms with Crippen LogP contribution in [0.2, 0.25) is 5.02 Å². The van der Waals surface area contributed by atoms with Gasteiger partial charge in [-0.1, -0.05) is 17.7 Å². The quantitative estimate of drug-likeness (QED) is 0.938. The van der Waals surface area contributed by atoms with Gasteiger partial charge in [0.2, 0.25) is 0 Å². The Morgan fingerprint density at radius 1 is 1.32 bits per heavy atom. The molecule has 2 rings (SSSR count). The molecule has 2 aromatic rings. The predicted molar refractivity (Wildman–Crippen MR) is 73.0 cm³/mol. The number of aromatic nitrogens is 1. The number of rotatable bonds is 3. The van der Waals surface area contributed by atoms with E-state index < -0.39 is 5.97 Å². The smallest absolute Gasteiger partial charge is 0.335 e. The Morgan fingerprint density at radius 3 is 2.63 bits per heavy atom. The largest absolute Gasteiger partial charge is 0.478 e. The molecule has 0 bridgehead atoms. The molecule has 5 heteroatoms. The Balaban J connectivity index is 2.33. The minimum atomic E-state index is -1.03. The van der Waals surface area contributed by atoms with Crippen LogP contribution in [-0.2, 0) is 6.54 Å². The van der Waals surface area contributed by atoms with Crippen LogP contribution in [-0.4, -0.2) is 15.6 Å². The normalized spacial score (nSPS) is 10.4. The fraction of sp³-hybridized carbons (Fsp3) is 0.143. The molecular formula is C14H12ClNO3. The number of hydrogen-bond acceptors (Lipinski definition) is 2. The van der Waals surface area contributed by atoms with Gasteiger partial charge in [0.15, 0.2) is 0 Å². The molecule has 0 aliphatic heterocycles. The highest BCUT2D eigenvalue weighted by molar-refractivity contribution is 6.31. The van der Waals surface area contributed by atoms with Crippen molar-refractivity contribution in [2.75, 3.05) is 0 Å². The van der Waals surface area contributed by atoms with Gasteiger partial charge in [-0.2, -0.15) is 0 Å². The van der Waals surface area contributed by atoms with Crippen LogP contribution in [0.15, 0.2) is 41.3 Å². The number of nitrogens with zero attached hydrogens (tertiary/aromatic N) is 1. The summed E-state index contributed by atoms with van der Waals surface area (Å²) in [6.45, 7) is 2.16. The maximum Gasteiger partial charge on any atom is 0.335 e. The van der Waals surface area contributed by atoms with Crippen molar-refractivity contribution in [3.05, 3.63) is 68.6 Å². The number of carbonyl (C=O) groups is 1. The summed E-state index contributed by atoms with van der Waals surface area (Å²) < 4.78 is 1.52. The van der Waals surface area contributed by atoms with Crippen LogP contribution in [0, 0.1) is 6.92 Å². The Labute approximate surface area is 114 Å². The maximum absolute atomic E-state index is 11.8. The second-order valence-electron chi connectivity index (χ2n) is 4.28.